The van der Waals surface area contributed by atoms with Gasteiger partial charge >= 0.3 is 0 Å². The summed E-state index contributed by atoms with van der Waals surface area (Å²) in [6, 6.07) is 8.45. The van der Waals surface area contributed by atoms with Gasteiger partial charge in [0, 0.05) is 29.2 Å². The molecule has 2 aromatic rings. The smallest absolute Gasteiger partial charge is 0.120 e. The highest BCUT2D eigenvalue weighted by Crippen LogP contribution is 2.36. The van der Waals surface area contributed by atoms with Crippen molar-refractivity contribution in [2.75, 3.05) is 18.5 Å². The molecule has 3 nitrogen and oxygen atoms in total. The van der Waals surface area contributed by atoms with E-state index in [9.17, 15) is 0 Å². The van der Waals surface area contributed by atoms with Gasteiger partial charge in [-0.25, -0.2) is 0 Å². The van der Waals surface area contributed by atoms with Crippen molar-refractivity contribution < 1.29 is 4.74 Å². The van der Waals surface area contributed by atoms with Gasteiger partial charge < -0.3 is 10.1 Å². The van der Waals surface area contributed by atoms with Gasteiger partial charge in [-0.05, 0) is 51.0 Å². The Balaban J connectivity index is 2.06. The van der Waals surface area contributed by atoms with Crippen LogP contribution in [-0.4, -0.2) is 18.1 Å². The lowest BCUT2D eigenvalue weighted by atomic mass is 10.0. The standard InChI is InChI=1S/C18H24N2O/c1-3-19-18-12-17(13-7-5-6-8-13)20-16-10-9-14(21-4-2)11-15(16)18/h9-13H,3-8H2,1-2H3,(H,19,20). The topological polar surface area (TPSA) is 34.2 Å². The molecule has 0 saturated heterocycles. The molecular weight excluding hydrogens is 260 g/mol. The molecule has 1 heterocycles. The molecule has 1 aliphatic rings. The third-order valence-electron chi connectivity index (χ3n) is 4.25. The van der Waals surface area contributed by atoms with E-state index < -0.39 is 0 Å². The highest BCUT2D eigenvalue weighted by atomic mass is 16.5. The maximum absolute atomic E-state index is 5.62. The zero-order valence-corrected chi connectivity index (χ0v) is 13.0. The van der Waals surface area contributed by atoms with Crippen LogP contribution in [0.4, 0.5) is 5.69 Å². The van der Waals surface area contributed by atoms with Crippen molar-refractivity contribution in [2.24, 2.45) is 0 Å². The first-order chi connectivity index (χ1) is 10.3. The lowest BCUT2D eigenvalue weighted by molar-refractivity contribution is 0.340. The second-order valence-electron chi connectivity index (χ2n) is 5.72. The summed E-state index contributed by atoms with van der Waals surface area (Å²) in [6.07, 6.45) is 5.23. The fourth-order valence-electron chi connectivity index (χ4n) is 3.25. The summed E-state index contributed by atoms with van der Waals surface area (Å²) in [7, 11) is 0. The van der Waals surface area contributed by atoms with Crippen molar-refractivity contribution in [1.29, 1.82) is 0 Å². The Bertz CT molecular complexity index is 618. The fraction of sp³-hybridized carbons (Fsp3) is 0.500. The number of benzene rings is 1. The molecule has 21 heavy (non-hydrogen) atoms. The molecule has 0 radical (unpaired) electrons. The lowest BCUT2D eigenvalue weighted by Crippen LogP contribution is -2.03. The van der Waals surface area contributed by atoms with Crippen molar-refractivity contribution in [3.8, 4) is 5.75 Å². The largest absolute Gasteiger partial charge is 0.494 e. The number of aromatic nitrogens is 1. The Morgan fingerprint density at radius 1 is 1.19 bits per heavy atom. The van der Waals surface area contributed by atoms with Crippen LogP contribution in [0.2, 0.25) is 0 Å². The van der Waals surface area contributed by atoms with Gasteiger partial charge in [0.1, 0.15) is 5.75 Å². The molecule has 3 heteroatoms. The van der Waals surface area contributed by atoms with Gasteiger partial charge in [0.05, 0.1) is 12.1 Å². The van der Waals surface area contributed by atoms with Crippen LogP contribution in [-0.2, 0) is 0 Å². The van der Waals surface area contributed by atoms with Gasteiger partial charge in [-0.3, -0.25) is 4.98 Å². The fourth-order valence-corrected chi connectivity index (χ4v) is 3.25. The molecule has 1 fully saturated rings. The van der Waals surface area contributed by atoms with Crippen LogP contribution in [0.1, 0.15) is 51.1 Å². The Morgan fingerprint density at radius 2 is 2.00 bits per heavy atom. The van der Waals surface area contributed by atoms with Gasteiger partial charge in [0.15, 0.2) is 0 Å². The van der Waals surface area contributed by atoms with E-state index in [1.54, 1.807) is 0 Å². The van der Waals surface area contributed by atoms with Crippen LogP contribution in [0.3, 0.4) is 0 Å². The van der Waals surface area contributed by atoms with Crippen LogP contribution in [0, 0.1) is 0 Å². The second-order valence-corrected chi connectivity index (χ2v) is 5.72. The maximum atomic E-state index is 5.62. The summed E-state index contributed by atoms with van der Waals surface area (Å²) < 4.78 is 5.62. The van der Waals surface area contributed by atoms with Crippen molar-refractivity contribution in [2.45, 2.75) is 45.4 Å². The number of fused-ring (bicyclic) bond motifs is 1. The van der Waals surface area contributed by atoms with Crippen molar-refractivity contribution >= 4 is 16.6 Å². The number of hydrogen-bond donors (Lipinski definition) is 1. The molecule has 1 aromatic heterocycles. The molecule has 0 spiro atoms. The average Bonchev–Trinajstić information content (AvgIpc) is 3.02. The van der Waals surface area contributed by atoms with E-state index >= 15 is 0 Å². The molecule has 112 valence electrons. The van der Waals surface area contributed by atoms with Crippen LogP contribution in [0.5, 0.6) is 5.75 Å². The van der Waals surface area contributed by atoms with Crippen molar-refractivity contribution in [3.63, 3.8) is 0 Å². The van der Waals surface area contributed by atoms with Gasteiger partial charge in [-0.1, -0.05) is 12.8 Å². The molecular formula is C18H24N2O. The zero-order chi connectivity index (χ0) is 14.7. The van der Waals surface area contributed by atoms with Gasteiger partial charge in [0.2, 0.25) is 0 Å². The van der Waals surface area contributed by atoms with Crippen molar-refractivity contribution in [1.82, 2.24) is 4.98 Å². The number of rotatable bonds is 5. The zero-order valence-electron chi connectivity index (χ0n) is 13.0. The van der Waals surface area contributed by atoms with E-state index in [0.717, 1.165) is 23.2 Å². The van der Waals surface area contributed by atoms with Gasteiger partial charge in [-0.2, -0.15) is 0 Å². The van der Waals surface area contributed by atoms with E-state index in [4.69, 9.17) is 9.72 Å². The molecule has 0 bridgehead atoms. The highest BCUT2D eigenvalue weighted by Gasteiger charge is 2.20. The highest BCUT2D eigenvalue weighted by molar-refractivity contribution is 5.92. The Morgan fingerprint density at radius 3 is 2.71 bits per heavy atom. The molecule has 0 amide bonds. The van der Waals surface area contributed by atoms with E-state index in [1.165, 1.54) is 37.1 Å². The summed E-state index contributed by atoms with van der Waals surface area (Å²) in [5.41, 5.74) is 3.50. The van der Waals surface area contributed by atoms with E-state index in [2.05, 4.69) is 30.4 Å². The summed E-state index contributed by atoms with van der Waals surface area (Å²) >= 11 is 0. The minimum atomic E-state index is 0.637. The van der Waals surface area contributed by atoms with Crippen LogP contribution < -0.4 is 10.1 Å². The average molecular weight is 284 g/mol. The molecule has 1 aliphatic carbocycles. The van der Waals surface area contributed by atoms with E-state index in [-0.39, 0.29) is 0 Å². The summed E-state index contributed by atoms with van der Waals surface area (Å²) in [5, 5.41) is 4.65. The van der Waals surface area contributed by atoms with E-state index in [1.807, 2.05) is 13.0 Å². The normalized spacial score (nSPS) is 15.5. The van der Waals surface area contributed by atoms with Crippen LogP contribution in [0.25, 0.3) is 10.9 Å². The van der Waals surface area contributed by atoms with Crippen LogP contribution >= 0.6 is 0 Å². The first-order valence-corrected chi connectivity index (χ1v) is 8.13. The van der Waals surface area contributed by atoms with Gasteiger partial charge in [-0.15, -0.1) is 0 Å². The lowest BCUT2D eigenvalue weighted by Gasteiger charge is -2.15. The maximum Gasteiger partial charge on any atom is 0.120 e. The third kappa shape index (κ3) is 2.97. The number of nitrogens with one attached hydrogen (secondary N) is 1. The molecule has 1 saturated carbocycles. The molecule has 1 N–H and O–H groups in total. The molecule has 0 atom stereocenters. The van der Waals surface area contributed by atoms with Gasteiger partial charge in [0.25, 0.3) is 0 Å². The third-order valence-corrected chi connectivity index (χ3v) is 4.25. The second kappa shape index (κ2) is 6.33. The monoisotopic (exact) mass is 284 g/mol. The Kier molecular flexibility index (Phi) is 4.28. The SMILES string of the molecule is CCNc1cc(C2CCCC2)nc2ccc(OCC)cc12. The number of anilines is 1. The Labute approximate surface area is 126 Å². The summed E-state index contributed by atoms with van der Waals surface area (Å²) in [4.78, 5) is 4.91. The first-order valence-electron chi connectivity index (χ1n) is 8.13. The number of ether oxygens (including phenoxy) is 1. The summed E-state index contributed by atoms with van der Waals surface area (Å²) in [6.45, 7) is 5.75. The number of nitrogens with zero attached hydrogens (tertiary/aromatic N) is 1. The number of hydrogen-bond acceptors (Lipinski definition) is 3. The summed E-state index contributed by atoms with van der Waals surface area (Å²) in [5.74, 6) is 1.55. The molecule has 3 rings (SSSR count). The van der Waals surface area contributed by atoms with Crippen LogP contribution in [0.15, 0.2) is 24.3 Å². The molecule has 0 unspecified atom stereocenters. The first kappa shape index (κ1) is 14.2. The Hall–Kier alpha value is -1.77. The van der Waals surface area contributed by atoms with Crippen molar-refractivity contribution in [3.05, 3.63) is 30.0 Å². The number of pyridine rings is 1. The molecule has 1 aromatic carbocycles. The predicted molar refractivity (Wildman–Crippen MR) is 88.3 cm³/mol. The minimum absolute atomic E-state index is 0.637. The minimum Gasteiger partial charge on any atom is -0.494 e. The molecule has 0 aliphatic heterocycles. The predicted octanol–water partition coefficient (Wildman–Crippen LogP) is 4.72. The van der Waals surface area contributed by atoms with E-state index in [0.29, 0.717) is 12.5 Å². The quantitative estimate of drug-likeness (QED) is 0.862.